The zero-order valence-electron chi connectivity index (χ0n) is 23.2. The van der Waals surface area contributed by atoms with Gasteiger partial charge in [0.25, 0.3) is 0 Å². The van der Waals surface area contributed by atoms with Gasteiger partial charge in [0, 0.05) is 45.5 Å². The smallest absolute Gasteiger partial charge is 0.374 e. The van der Waals surface area contributed by atoms with Crippen LogP contribution in [0.1, 0.15) is 77.8 Å². The number of unbranched alkanes of at least 4 members (excludes halogenated alkanes) is 2. The number of hydrogen-bond donors (Lipinski definition) is 0. The van der Waals surface area contributed by atoms with Gasteiger partial charge in [-0.2, -0.15) is 0 Å². The van der Waals surface area contributed by atoms with Gasteiger partial charge < -0.3 is 18.0 Å². The average Bonchev–Trinajstić information content (AvgIpc) is 3.66. The van der Waals surface area contributed by atoms with Crippen LogP contribution in [0.4, 0.5) is 0 Å². The van der Waals surface area contributed by atoms with E-state index in [2.05, 4.69) is 47.9 Å². The molecule has 1 aromatic carbocycles. The lowest BCUT2D eigenvalue weighted by Crippen LogP contribution is -2.46. The highest BCUT2D eigenvalue weighted by Gasteiger charge is 2.39. The van der Waals surface area contributed by atoms with Gasteiger partial charge in [0.15, 0.2) is 0 Å². The molecule has 35 heavy (non-hydrogen) atoms. The Morgan fingerprint density at radius 1 is 0.800 bits per heavy atom. The first-order valence-electron chi connectivity index (χ1n) is 14.1. The summed E-state index contributed by atoms with van der Waals surface area (Å²) in [5.74, 6) is 0. The minimum absolute atomic E-state index is 0.445. The van der Waals surface area contributed by atoms with E-state index in [-0.39, 0.29) is 0 Å². The van der Waals surface area contributed by atoms with Crippen molar-refractivity contribution in [1.82, 2.24) is 9.80 Å². The fourth-order valence-electron chi connectivity index (χ4n) is 4.59. The van der Waals surface area contributed by atoms with Crippen molar-refractivity contribution in [3.05, 3.63) is 35.4 Å². The third-order valence-corrected chi connectivity index (χ3v) is 9.53. The molecule has 1 heterocycles. The summed E-state index contributed by atoms with van der Waals surface area (Å²) in [6, 6.07) is 10.1. The fraction of sp³-hybridized carbons (Fsp3) is 0.786. The van der Waals surface area contributed by atoms with Gasteiger partial charge in [-0.25, -0.2) is 0 Å². The molecule has 7 heteroatoms. The second-order valence-electron chi connectivity index (χ2n) is 9.58. The minimum atomic E-state index is -2.58. The average molecular weight is 509 g/mol. The molecule has 1 aliphatic rings. The standard InChI is InChI=1S/C28H52N2O4Si/c1-6-11-17-29(19-14-20-35(32-8-3,33-9-4)34-10-5)22-26-15-13-16-27(21-26)23-30(18-12-7-2)24-28-25-31-28/h13,15-16,21,28H,6-12,14,17-20,22-25H2,1-5H3. The van der Waals surface area contributed by atoms with Crippen LogP contribution in [0.2, 0.25) is 6.04 Å². The molecule has 6 nitrogen and oxygen atoms in total. The van der Waals surface area contributed by atoms with E-state index < -0.39 is 8.80 Å². The van der Waals surface area contributed by atoms with Gasteiger partial charge in [-0.3, -0.25) is 9.80 Å². The van der Waals surface area contributed by atoms with E-state index in [9.17, 15) is 0 Å². The lowest BCUT2D eigenvalue weighted by atomic mass is 10.1. The van der Waals surface area contributed by atoms with Crippen LogP contribution in [0.25, 0.3) is 0 Å². The van der Waals surface area contributed by atoms with Crippen LogP contribution in [0.3, 0.4) is 0 Å². The first kappa shape index (κ1) is 30.4. The Morgan fingerprint density at radius 3 is 1.83 bits per heavy atom. The number of ether oxygens (including phenoxy) is 1. The van der Waals surface area contributed by atoms with Gasteiger partial charge in [0.2, 0.25) is 0 Å². The van der Waals surface area contributed by atoms with E-state index in [0.717, 1.165) is 58.3 Å². The van der Waals surface area contributed by atoms with Crippen LogP contribution >= 0.6 is 0 Å². The minimum Gasteiger partial charge on any atom is -0.374 e. The first-order chi connectivity index (χ1) is 17.1. The van der Waals surface area contributed by atoms with E-state index in [1.165, 1.54) is 36.8 Å². The highest BCUT2D eigenvalue weighted by atomic mass is 28.4. The topological polar surface area (TPSA) is 46.7 Å². The van der Waals surface area contributed by atoms with Crippen molar-refractivity contribution in [2.75, 3.05) is 52.6 Å². The van der Waals surface area contributed by atoms with E-state index in [1.807, 2.05) is 20.8 Å². The maximum absolute atomic E-state index is 6.07. The van der Waals surface area contributed by atoms with Gasteiger partial charge in [0.1, 0.15) is 0 Å². The predicted molar refractivity (Wildman–Crippen MR) is 147 cm³/mol. The molecule has 1 aromatic rings. The maximum atomic E-state index is 6.07. The van der Waals surface area contributed by atoms with Crippen molar-refractivity contribution in [2.45, 2.75) is 92.0 Å². The summed E-state index contributed by atoms with van der Waals surface area (Å²) in [6.45, 7) is 19.8. The summed E-state index contributed by atoms with van der Waals surface area (Å²) in [5, 5.41) is 0. The highest BCUT2D eigenvalue weighted by Crippen LogP contribution is 2.20. The molecule has 0 aliphatic carbocycles. The zero-order chi connectivity index (χ0) is 25.4. The molecule has 1 unspecified atom stereocenters. The summed E-state index contributed by atoms with van der Waals surface area (Å²) < 4.78 is 23.7. The number of nitrogens with zero attached hydrogens (tertiary/aromatic N) is 2. The Bertz CT molecular complexity index is 657. The quantitative estimate of drug-likeness (QED) is 0.147. The van der Waals surface area contributed by atoms with E-state index in [0.29, 0.717) is 25.9 Å². The van der Waals surface area contributed by atoms with Crippen molar-refractivity contribution in [3.63, 3.8) is 0 Å². The van der Waals surface area contributed by atoms with Gasteiger partial charge in [-0.15, -0.1) is 0 Å². The summed E-state index contributed by atoms with van der Waals surface area (Å²) >= 11 is 0. The summed E-state index contributed by atoms with van der Waals surface area (Å²) in [4.78, 5) is 5.16. The van der Waals surface area contributed by atoms with Crippen molar-refractivity contribution < 1.29 is 18.0 Å². The van der Waals surface area contributed by atoms with Crippen LogP contribution in [-0.2, 0) is 31.1 Å². The molecule has 0 aromatic heterocycles. The van der Waals surface area contributed by atoms with Crippen molar-refractivity contribution in [3.8, 4) is 0 Å². The molecule has 0 radical (unpaired) electrons. The third-order valence-electron chi connectivity index (χ3n) is 6.37. The van der Waals surface area contributed by atoms with E-state index in [4.69, 9.17) is 18.0 Å². The second-order valence-corrected chi connectivity index (χ2v) is 12.3. The molecule has 1 aliphatic heterocycles. The largest absolute Gasteiger partial charge is 0.500 e. The predicted octanol–water partition coefficient (Wildman–Crippen LogP) is 5.73. The Kier molecular flexibility index (Phi) is 15.3. The van der Waals surface area contributed by atoms with Crippen LogP contribution in [0.15, 0.2) is 24.3 Å². The molecule has 0 spiro atoms. The van der Waals surface area contributed by atoms with Gasteiger partial charge in [-0.1, -0.05) is 51.0 Å². The Hall–Kier alpha value is -0.803. The Balaban J connectivity index is 1.97. The fourth-order valence-corrected chi connectivity index (χ4v) is 7.19. The molecule has 1 atom stereocenters. The number of rotatable bonds is 22. The lowest BCUT2D eigenvalue weighted by Gasteiger charge is -2.30. The SMILES string of the molecule is CCCCN(CCC[Si](OCC)(OCC)OCC)Cc1cccc(CN(CCCC)CC2CO2)c1. The van der Waals surface area contributed by atoms with Crippen molar-refractivity contribution in [1.29, 1.82) is 0 Å². The zero-order valence-corrected chi connectivity index (χ0v) is 24.2. The molecule has 0 amide bonds. The number of epoxide rings is 1. The van der Waals surface area contributed by atoms with Gasteiger partial charge >= 0.3 is 8.80 Å². The van der Waals surface area contributed by atoms with E-state index in [1.54, 1.807) is 0 Å². The van der Waals surface area contributed by atoms with Crippen LogP contribution in [-0.4, -0.2) is 77.3 Å². The maximum Gasteiger partial charge on any atom is 0.500 e. The van der Waals surface area contributed by atoms with Crippen LogP contribution in [0.5, 0.6) is 0 Å². The van der Waals surface area contributed by atoms with E-state index >= 15 is 0 Å². The summed E-state index contributed by atoms with van der Waals surface area (Å²) in [6.07, 6.45) is 6.38. The first-order valence-corrected chi connectivity index (χ1v) is 16.1. The van der Waals surface area contributed by atoms with Gasteiger partial charge in [0.05, 0.1) is 12.7 Å². The Labute approximate surface area is 216 Å². The molecular weight excluding hydrogens is 456 g/mol. The summed E-state index contributed by atoms with van der Waals surface area (Å²) in [5.41, 5.74) is 2.81. The van der Waals surface area contributed by atoms with Crippen LogP contribution in [0, 0.1) is 0 Å². The lowest BCUT2D eigenvalue weighted by molar-refractivity contribution is 0.0698. The molecule has 2 rings (SSSR count). The molecule has 1 saturated heterocycles. The van der Waals surface area contributed by atoms with Crippen molar-refractivity contribution in [2.24, 2.45) is 0 Å². The molecule has 202 valence electrons. The molecule has 1 fully saturated rings. The Morgan fingerprint density at radius 2 is 1.31 bits per heavy atom. The van der Waals surface area contributed by atoms with Crippen LogP contribution < -0.4 is 0 Å². The molecule has 0 N–H and O–H groups in total. The van der Waals surface area contributed by atoms with Crippen molar-refractivity contribution >= 4 is 8.80 Å². The number of hydrogen-bond acceptors (Lipinski definition) is 6. The molecule has 0 bridgehead atoms. The summed E-state index contributed by atoms with van der Waals surface area (Å²) in [7, 11) is -2.58. The second kappa shape index (κ2) is 17.6. The number of benzene rings is 1. The van der Waals surface area contributed by atoms with Gasteiger partial charge in [-0.05, 0) is 70.8 Å². The molecule has 0 saturated carbocycles. The normalized spacial score (nSPS) is 15.9. The monoisotopic (exact) mass is 508 g/mol. The highest BCUT2D eigenvalue weighted by molar-refractivity contribution is 6.60. The molecular formula is C28H52N2O4Si. The third kappa shape index (κ3) is 12.3.